The van der Waals surface area contributed by atoms with E-state index in [0.717, 1.165) is 34.2 Å². The van der Waals surface area contributed by atoms with Gasteiger partial charge < -0.3 is 14.7 Å². The molecule has 8 heteroatoms. The number of hydrogen-bond donors (Lipinski definition) is 2. The number of carboxylic acid groups (broad SMARTS) is 1. The summed E-state index contributed by atoms with van der Waals surface area (Å²) in [7, 11) is 0. The first-order chi connectivity index (χ1) is 17.5. The van der Waals surface area contributed by atoms with Crippen LogP contribution in [0, 0.1) is 0 Å². The van der Waals surface area contributed by atoms with Crippen LogP contribution in [-0.4, -0.2) is 40.3 Å². The van der Waals surface area contributed by atoms with Gasteiger partial charge in [-0.25, -0.2) is 9.89 Å². The van der Waals surface area contributed by atoms with E-state index in [-0.39, 0.29) is 17.9 Å². The van der Waals surface area contributed by atoms with Crippen LogP contribution in [0.15, 0.2) is 71.5 Å². The molecule has 184 valence electrons. The van der Waals surface area contributed by atoms with Crippen LogP contribution < -0.4 is 15.2 Å². The highest BCUT2D eigenvalue weighted by atomic mass is 16.5. The SMILES string of the molecule is CC.O=C(O)COc1ccc2c(c1)N(C(=O)Cc1ccc(-c3n[nH]c(=O)c4ccccc34)cc1)CC2. The Bertz CT molecular complexity index is 1460. The summed E-state index contributed by atoms with van der Waals surface area (Å²) in [6.45, 7) is 4.14. The monoisotopic (exact) mass is 485 g/mol. The van der Waals surface area contributed by atoms with Crippen molar-refractivity contribution in [1.82, 2.24) is 10.2 Å². The second-order valence-electron chi connectivity index (χ2n) is 8.09. The van der Waals surface area contributed by atoms with Gasteiger partial charge >= 0.3 is 5.97 Å². The van der Waals surface area contributed by atoms with Gasteiger partial charge in [0.15, 0.2) is 6.61 Å². The van der Waals surface area contributed by atoms with Crippen molar-refractivity contribution < 1.29 is 19.4 Å². The number of aliphatic carboxylic acids is 1. The Labute approximate surface area is 208 Å². The average Bonchev–Trinajstić information content (AvgIpc) is 3.33. The predicted octanol–water partition coefficient (Wildman–Crippen LogP) is 4.21. The minimum absolute atomic E-state index is 0.0468. The highest BCUT2D eigenvalue weighted by Crippen LogP contribution is 2.32. The maximum Gasteiger partial charge on any atom is 0.341 e. The molecule has 8 nitrogen and oxygen atoms in total. The summed E-state index contributed by atoms with van der Waals surface area (Å²) < 4.78 is 5.27. The zero-order valence-electron chi connectivity index (χ0n) is 20.2. The lowest BCUT2D eigenvalue weighted by Gasteiger charge is -2.18. The summed E-state index contributed by atoms with van der Waals surface area (Å²) in [5.41, 5.74) is 3.93. The van der Waals surface area contributed by atoms with Crippen molar-refractivity contribution in [1.29, 1.82) is 0 Å². The summed E-state index contributed by atoms with van der Waals surface area (Å²) >= 11 is 0. The molecule has 0 saturated heterocycles. The minimum atomic E-state index is -1.05. The number of nitrogens with one attached hydrogen (secondary N) is 1. The van der Waals surface area contributed by atoms with Crippen molar-refractivity contribution in [3.63, 3.8) is 0 Å². The lowest BCUT2D eigenvalue weighted by atomic mass is 10.0. The standard InChI is InChI=1S/C26H21N3O5.C2H6/c30-23(29-12-11-17-9-10-19(14-22(17)29)34-15-24(31)32)13-16-5-7-18(8-6-16)25-20-3-1-2-4-21(20)26(33)28-27-25;1-2/h1-10,14H,11-13,15H2,(H,28,33)(H,31,32);1-2H3. The molecule has 3 aromatic carbocycles. The molecular formula is C28H27N3O5. The zero-order chi connectivity index (χ0) is 25.7. The summed E-state index contributed by atoms with van der Waals surface area (Å²) in [6, 6.07) is 20.2. The fourth-order valence-electron chi connectivity index (χ4n) is 4.24. The van der Waals surface area contributed by atoms with E-state index in [1.807, 2.05) is 62.4 Å². The number of aromatic nitrogens is 2. The van der Waals surface area contributed by atoms with Crippen molar-refractivity contribution in [3.05, 3.63) is 88.2 Å². The van der Waals surface area contributed by atoms with Gasteiger partial charge in [-0.2, -0.15) is 5.10 Å². The fraction of sp³-hybridized carbons (Fsp3) is 0.214. The van der Waals surface area contributed by atoms with Crippen LogP contribution in [0.4, 0.5) is 5.69 Å². The quantitative estimate of drug-likeness (QED) is 0.423. The smallest absolute Gasteiger partial charge is 0.341 e. The Balaban J connectivity index is 0.00000148. The predicted molar refractivity (Wildman–Crippen MR) is 138 cm³/mol. The van der Waals surface area contributed by atoms with E-state index in [4.69, 9.17) is 9.84 Å². The number of anilines is 1. The van der Waals surface area contributed by atoms with Crippen LogP contribution in [0.2, 0.25) is 0 Å². The summed E-state index contributed by atoms with van der Waals surface area (Å²) in [5, 5.41) is 16.9. The Morgan fingerprint density at radius 1 is 1.03 bits per heavy atom. The number of carboxylic acids is 1. The topological polar surface area (TPSA) is 113 Å². The molecule has 0 unspecified atom stereocenters. The van der Waals surface area contributed by atoms with Gasteiger partial charge in [0, 0.05) is 23.6 Å². The molecule has 4 aromatic rings. The number of ether oxygens (including phenoxy) is 1. The molecule has 1 aliphatic rings. The van der Waals surface area contributed by atoms with Crippen molar-refractivity contribution >= 4 is 28.3 Å². The fourth-order valence-corrected chi connectivity index (χ4v) is 4.24. The number of fused-ring (bicyclic) bond motifs is 2. The van der Waals surface area contributed by atoms with Crippen molar-refractivity contribution in [3.8, 4) is 17.0 Å². The number of carbonyl (C=O) groups excluding carboxylic acids is 1. The molecule has 0 spiro atoms. The molecule has 0 aliphatic carbocycles. The van der Waals surface area contributed by atoms with E-state index in [2.05, 4.69) is 10.2 Å². The number of carbonyl (C=O) groups is 2. The highest BCUT2D eigenvalue weighted by molar-refractivity contribution is 5.97. The number of H-pyrrole nitrogens is 1. The van der Waals surface area contributed by atoms with Gasteiger partial charge in [0.25, 0.3) is 5.56 Å². The average molecular weight is 486 g/mol. The van der Waals surface area contributed by atoms with Gasteiger partial charge in [0.05, 0.1) is 23.2 Å². The number of hydrogen-bond acceptors (Lipinski definition) is 5. The van der Waals surface area contributed by atoms with E-state index in [1.54, 1.807) is 23.1 Å². The molecule has 1 aromatic heterocycles. The van der Waals surface area contributed by atoms with E-state index in [1.165, 1.54) is 0 Å². The molecule has 1 amide bonds. The number of amides is 1. The second-order valence-corrected chi connectivity index (χ2v) is 8.09. The third-order valence-electron chi connectivity index (χ3n) is 5.89. The van der Waals surface area contributed by atoms with E-state index < -0.39 is 12.6 Å². The molecular weight excluding hydrogens is 458 g/mol. The highest BCUT2D eigenvalue weighted by Gasteiger charge is 2.25. The van der Waals surface area contributed by atoms with Gasteiger partial charge in [-0.3, -0.25) is 9.59 Å². The van der Waals surface area contributed by atoms with E-state index >= 15 is 0 Å². The van der Waals surface area contributed by atoms with Gasteiger partial charge in [0.1, 0.15) is 5.75 Å². The number of benzene rings is 3. The zero-order valence-corrected chi connectivity index (χ0v) is 20.2. The van der Waals surface area contributed by atoms with Crippen LogP contribution >= 0.6 is 0 Å². The van der Waals surface area contributed by atoms with Crippen LogP contribution in [0.1, 0.15) is 25.0 Å². The van der Waals surface area contributed by atoms with Crippen molar-refractivity contribution in [2.45, 2.75) is 26.7 Å². The maximum absolute atomic E-state index is 13.1. The molecule has 0 atom stereocenters. The molecule has 2 heterocycles. The normalized spacial score (nSPS) is 12.0. The van der Waals surface area contributed by atoms with Crippen LogP contribution in [0.5, 0.6) is 5.75 Å². The first-order valence-electron chi connectivity index (χ1n) is 11.8. The molecule has 0 fully saturated rings. The van der Waals surface area contributed by atoms with Gasteiger partial charge in [-0.1, -0.05) is 62.4 Å². The maximum atomic E-state index is 13.1. The molecule has 5 rings (SSSR count). The van der Waals surface area contributed by atoms with Crippen molar-refractivity contribution in [2.24, 2.45) is 0 Å². The number of nitrogens with zero attached hydrogens (tertiary/aromatic N) is 2. The summed E-state index contributed by atoms with van der Waals surface area (Å²) in [6.07, 6.45) is 0.962. The first kappa shape index (κ1) is 24.7. The van der Waals surface area contributed by atoms with Gasteiger partial charge in [-0.15, -0.1) is 0 Å². The molecule has 0 radical (unpaired) electrons. The van der Waals surface area contributed by atoms with Crippen LogP contribution in [0.25, 0.3) is 22.0 Å². The third-order valence-corrected chi connectivity index (χ3v) is 5.89. The Morgan fingerprint density at radius 2 is 1.75 bits per heavy atom. The Hall–Kier alpha value is -4.46. The molecule has 0 saturated carbocycles. The van der Waals surface area contributed by atoms with E-state index in [9.17, 15) is 14.4 Å². The lowest BCUT2D eigenvalue weighted by Crippen LogP contribution is -2.30. The molecule has 0 bridgehead atoms. The van der Waals surface area contributed by atoms with Gasteiger partial charge in [-0.05, 0) is 29.7 Å². The van der Waals surface area contributed by atoms with Crippen LogP contribution in [-0.2, 0) is 22.4 Å². The summed E-state index contributed by atoms with van der Waals surface area (Å²) in [5.74, 6) is -0.678. The lowest BCUT2D eigenvalue weighted by molar-refractivity contribution is -0.139. The summed E-state index contributed by atoms with van der Waals surface area (Å²) in [4.78, 5) is 37.6. The second kappa shape index (κ2) is 10.9. The molecule has 1 aliphatic heterocycles. The first-order valence-corrected chi connectivity index (χ1v) is 11.8. The van der Waals surface area contributed by atoms with Crippen molar-refractivity contribution in [2.75, 3.05) is 18.1 Å². The van der Waals surface area contributed by atoms with Crippen LogP contribution in [0.3, 0.4) is 0 Å². The largest absolute Gasteiger partial charge is 0.482 e. The van der Waals surface area contributed by atoms with E-state index in [0.29, 0.717) is 23.4 Å². The Kier molecular flexibility index (Phi) is 7.44. The third kappa shape index (κ3) is 5.12. The molecule has 36 heavy (non-hydrogen) atoms. The number of aromatic amines is 1. The number of rotatable bonds is 6. The van der Waals surface area contributed by atoms with Gasteiger partial charge in [0.2, 0.25) is 5.91 Å². The minimum Gasteiger partial charge on any atom is -0.482 e. The molecule has 2 N–H and O–H groups in total. The Morgan fingerprint density at radius 3 is 2.47 bits per heavy atom.